The smallest absolute Gasteiger partial charge is 0.0577 e. The van der Waals surface area contributed by atoms with Crippen LogP contribution in [0.5, 0.6) is 0 Å². The second-order valence-corrected chi connectivity index (χ2v) is 5.47. The zero-order valence-electron chi connectivity index (χ0n) is 8.53. The second kappa shape index (κ2) is 6.25. The van der Waals surface area contributed by atoms with Crippen LogP contribution >= 0.6 is 15.9 Å². The van der Waals surface area contributed by atoms with Crippen molar-refractivity contribution in [1.82, 2.24) is 0 Å². The van der Waals surface area contributed by atoms with E-state index in [1.807, 2.05) is 18.2 Å². The van der Waals surface area contributed by atoms with Crippen molar-refractivity contribution in [3.8, 4) is 0 Å². The maximum Gasteiger partial charge on any atom is 0.0577 e. The maximum absolute atomic E-state index is 11.6. The molecule has 0 saturated heterocycles. The van der Waals surface area contributed by atoms with Crippen LogP contribution in [-0.2, 0) is 21.3 Å². The van der Waals surface area contributed by atoms with Crippen LogP contribution in [0.25, 0.3) is 0 Å². The van der Waals surface area contributed by atoms with Gasteiger partial charge in [0, 0.05) is 39.6 Å². The minimum absolute atomic E-state index is 0.509. The summed E-state index contributed by atoms with van der Waals surface area (Å²) in [7, 11) is 0.705. The molecule has 0 amide bonds. The Bertz CT molecular complexity index is 357. The number of halogens is 1. The van der Waals surface area contributed by atoms with Gasteiger partial charge in [0.15, 0.2) is 0 Å². The van der Waals surface area contributed by atoms with Crippen LogP contribution in [0.2, 0.25) is 0 Å². The van der Waals surface area contributed by atoms with Gasteiger partial charge in [-0.1, -0.05) is 12.1 Å². The predicted molar refractivity (Wildman–Crippen MR) is 67.1 cm³/mol. The monoisotopic (exact) mass is 291 g/mol. The largest absolute Gasteiger partial charge is 0.398 e. The first-order valence-corrected chi connectivity index (χ1v) is 6.80. The molecule has 0 heterocycles. The number of hydrogen-bond donors (Lipinski definition) is 1. The Balaban J connectivity index is 2.64. The van der Waals surface area contributed by atoms with Gasteiger partial charge in [-0.15, -0.1) is 0 Å². The van der Waals surface area contributed by atoms with Crippen molar-refractivity contribution < 1.29 is 8.95 Å². The highest BCUT2D eigenvalue weighted by molar-refractivity contribution is 9.10. The summed E-state index contributed by atoms with van der Waals surface area (Å²) in [6.07, 6.45) is 0. The number of benzene rings is 1. The highest BCUT2D eigenvalue weighted by atomic mass is 79.9. The molecule has 0 aliphatic heterocycles. The average molecular weight is 292 g/mol. The van der Waals surface area contributed by atoms with E-state index < -0.39 is 10.8 Å². The first kappa shape index (κ1) is 12.7. The molecule has 0 radical (unpaired) electrons. The highest BCUT2D eigenvalue weighted by Gasteiger charge is 2.07. The van der Waals surface area contributed by atoms with Crippen molar-refractivity contribution in [2.45, 2.75) is 5.75 Å². The van der Waals surface area contributed by atoms with Crippen molar-refractivity contribution in [3.05, 3.63) is 28.2 Å². The Morgan fingerprint density at radius 3 is 2.93 bits per heavy atom. The van der Waals surface area contributed by atoms with E-state index in [2.05, 4.69) is 15.9 Å². The summed E-state index contributed by atoms with van der Waals surface area (Å²) in [5.74, 6) is 1.06. The van der Waals surface area contributed by atoms with Crippen molar-refractivity contribution in [1.29, 1.82) is 0 Å². The van der Waals surface area contributed by atoms with E-state index in [4.69, 9.17) is 10.5 Å². The lowest BCUT2D eigenvalue weighted by Crippen LogP contribution is -2.07. The molecule has 1 aromatic rings. The van der Waals surface area contributed by atoms with E-state index in [1.165, 1.54) is 0 Å². The van der Waals surface area contributed by atoms with Crippen LogP contribution in [0, 0.1) is 0 Å². The minimum atomic E-state index is -0.900. The molecule has 1 unspecified atom stereocenters. The van der Waals surface area contributed by atoms with Gasteiger partial charge in [-0.2, -0.15) is 0 Å². The third-order valence-electron chi connectivity index (χ3n) is 1.94. The molecule has 0 spiro atoms. The van der Waals surface area contributed by atoms with Gasteiger partial charge in [0.05, 0.1) is 6.61 Å². The van der Waals surface area contributed by atoms with Gasteiger partial charge in [-0.25, -0.2) is 0 Å². The molecule has 15 heavy (non-hydrogen) atoms. The number of methoxy groups -OCH3 is 1. The topological polar surface area (TPSA) is 52.3 Å². The third-order valence-corrected chi connectivity index (χ3v) is 4.16. The van der Waals surface area contributed by atoms with Crippen LogP contribution in [-0.4, -0.2) is 23.7 Å². The van der Waals surface area contributed by atoms with E-state index in [0.29, 0.717) is 23.8 Å². The molecule has 1 rings (SSSR count). The van der Waals surface area contributed by atoms with Crippen LogP contribution in [0.15, 0.2) is 22.7 Å². The fourth-order valence-electron chi connectivity index (χ4n) is 1.13. The molecule has 0 bridgehead atoms. The van der Waals surface area contributed by atoms with Gasteiger partial charge in [0.25, 0.3) is 0 Å². The molecule has 1 atom stereocenters. The Morgan fingerprint density at radius 1 is 1.53 bits per heavy atom. The van der Waals surface area contributed by atoms with E-state index >= 15 is 0 Å². The molecule has 0 saturated carbocycles. The minimum Gasteiger partial charge on any atom is -0.398 e. The number of nitrogens with two attached hydrogens (primary N) is 1. The Morgan fingerprint density at radius 2 is 2.27 bits per heavy atom. The highest BCUT2D eigenvalue weighted by Crippen LogP contribution is 2.24. The third kappa shape index (κ3) is 3.93. The number of anilines is 1. The number of nitrogen functional groups attached to an aromatic ring is 1. The summed E-state index contributed by atoms with van der Waals surface area (Å²) in [5, 5.41) is 0. The number of rotatable bonds is 5. The van der Waals surface area contributed by atoms with E-state index in [9.17, 15) is 4.21 Å². The molecule has 1 aromatic carbocycles. The van der Waals surface area contributed by atoms with Gasteiger partial charge < -0.3 is 10.5 Å². The summed E-state index contributed by atoms with van der Waals surface area (Å²) in [6, 6.07) is 5.60. The molecule has 2 N–H and O–H groups in total. The molecule has 0 aliphatic carbocycles. The van der Waals surface area contributed by atoms with Crippen LogP contribution in [0.1, 0.15) is 5.56 Å². The van der Waals surface area contributed by atoms with E-state index in [0.717, 1.165) is 10.0 Å². The van der Waals surface area contributed by atoms with Crippen molar-refractivity contribution in [2.24, 2.45) is 0 Å². The number of hydrogen-bond acceptors (Lipinski definition) is 3. The van der Waals surface area contributed by atoms with Gasteiger partial charge in [-0.3, -0.25) is 4.21 Å². The summed E-state index contributed by atoms with van der Waals surface area (Å²) in [5.41, 5.74) is 7.38. The summed E-state index contributed by atoms with van der Waals surface area (Å²) >= 11 is 3.39. The quantitative estimate of drug-likeness (QED) is 0.844. The fraction of sp³-hybridized carbons (Fsp3) is 0.400. The second-order valence-electron chi connectivity index (χ2n) is 3.10. The Labute approximate surface area is 101 Å². The molecule has 3 nitrogen and oxygen atoms in total. The standard InChI is InChI=1S/C10H14BrNO2S/c1-14-5-6-15(13)7-8-3-2-4-9(12)10(8)11/h2-4H,5-7,12H2,1H3. The number of ether oxygens (including phenoxy) is 1. The Hall–Kier alpha value is -0.390. The van der Waals surface area contributed by atoms with E-state index in [1.54, 1.807) is 7.11 Å². The first-order chi connectivity index (χ1) is 7.15. The molecule has 0 aliphatic rings. The fourth-order valence-corrected chi connectivity index (χ4v) is 2.81. The average Bonchev–Trinajstić information content (AvgIpc) is 2.22. The lowest BCUT2D eigenvalue weighted by molar-refractivity contribution is 0.218. The molecule has 84 valence electrons. The molecular formula is C10H14BrNO2S. The molecule has 0 aromatic heterocycles. The van der Waals surface area contributed by atoms with Gasteiger partial charge >= 0.3 is 0 Å². The molecular weight excluding hydrogens is 278 g/mol. The van der Waals surface area contributed by atoms with Gasteiger partial charge in [-0.05, 0) is 27.6 Å². The van der Waals surface area contributed by atoms with Crippen molar-refractivity contribution >= 4 is 32.4 Å². The van der Waals surface area contributed by atoms with Crippen molar-refractivity contribution in [2.75, 3.05) is 25.2 Å². The summed E-state index contributed by atoms with van der Waals surface area (Å²) in [4.78, 5) is 0. The summed E-state index contributed by atoms with van der Waals surface area (Å²) in [6.45, 7) is 0.520. The van der Waals surface area contributed by atoms with E-state index in [-0.39, 0.29) is 0 Å². The zero-order valence-corrected chi connectivity index (χ0v) is 10.9. The normalized spacial score (nSPS) is 12.7. The maximum atomic E-state index is 11.6. The van der Waals surface area contributed by atoms with Gasteiger partial charge in [0.1, 0.15) is 0 Å². The summed E-state index contributed by atoms with van der Waals surface area (Å²) < 4.78 is 17.3. The van der Waals surface area contributed by atoms with Gasteiger partial charge in [0.2, 0.25) is 0 Å². The zero-order chi connectivity index (χ0) is 11.3. The van der Waals surface area contributed by atoms with Crippen LogP contribution < -0.4 is 5.73 Å². The lowest BCUT2D eigenvalue weighted by atomic mass is 10.2. The predicted octanol–water partition coefficient (Wildman–Crippen LogP) is 1.93. The lowest BCUT2D eigenvalue weighted by Gasteiger charge is -2.06. The van der Waals surface area contributed by atoms with Crippen LogP contribution in [0.3, 0.4) is 0 Å². The SMILES string of the molecule is COCCS(=O)Cc1cccc(N)c1Br. The molecule has 5 heteroatoms. The van der Waals surface area contributed by atoms with Crippen molar-refractivity contribution in [3.63, 3.8) is 0 Å². The molecule has 0 fully saturated rings. The van der Waals surface area contributed by atoms with Crippen LogP contribution in [0.4, 0.5) is 5.69 Å². The first-order valence-electron chi connectivity index (χ1n) is 4.52. The Kier molecular flexibility index (Phi) is 5.28.